The zero-order valence-corrected chi connectivity index (χ0v) is 31.9. The van der Waals surface area contributed by atoms with E-state index in [4.69, 9.17) is 4.74 Å². The number of carbonyl (C=O) groups is 5. The Kier molecular flexibility index (Phi) is 14.6. The van der Waals surface area contributed by atoms with Gasteiger partial charge >= 0.3 is 0 Å². The Morgan fingerprint density at radius 3 is 2.39 bits per heavy atom. The van der Waals surface area contributed by atoms with Crippen LogP contribution in [0.5, 0.6) is 0 Å². The van der Waals surface area contributed by atoms with Crippen LogP contribution in [0.15, 0.2) is 12.7 Å². The Labute approximate surface area is 295 Å². The van der Waals surface area contributed by atoms with Crippen LogP contribution >= 0.6 is 0 Å². The molecule has 2 heterocycles. The SMILES string of the molecule is C=CCCC(=O)C(=O)[C@@H]1CCCCCCCOC[C@H](CC(=O)C[C@H](CN(C)S(=O)(=O)CC)C(C)(C)C)C(=O)N2C[C@H]3[C@@H]([C@H]2C(=O)C1)C3(C)C. The second-order valence-corrected chi connectivity index (χ2v) is 18.8. The van der Waals surface area contributed by atoms with Crippen LogP contribution in [-0.4, -0.2) is 91.8 Å². The van der Waals surface area contributed by atoms with Gasteiger partial charge in [-0.15, -0.1) is 6.58 Å². The number of Topliss-reactive ketones (excluding diaryl/α,β-unsaturated/α-hetero) is 4. The average molecular weight is 707 g/mol. The molecule has 3 fully saturated rings. The van der Waals surface area contributed by atoms with Gasteiger partial charge in [0.15, 0.2) is 11.6 Å². The molecule has 3 rings (SSSR count). The van der Waals surface area contributed by atoms with Crippen LogP contribution in [0.4, 0.5) is 0 Å². The third-order valence-electron chi connectivity index (χ3n) is 11.5. The van der Waals surface area contributed by atoms with Crippen LogP contribution in [0.3, 0.4) is 0 Å². The molecule has 278 valence electrons. The zero-order valence-electron chi connectivity index (χ0n) is 31.1. The van der Waals surface area contributed by atoms with Gasteiger partial charge < -0.3 is 9.64 Å². The van der Waals surface area contributed by atoms with Crippen LogP contribution in [-0.2, 0) is 38.7 Å². The maximum absolute atomic E-state index is 14.4. The summed E-state index contributed by atoms with van der Waals surface area (Å²) in [5.74, 6) is -3.30. The number of ketones is 4. The summed E-state index contributed by atoms with van der Waals surface area (Å²) < 4.78 is 32.4. The quantitative estimate of drug-likeness (QED) is 0.183. The minimum absolute atomic E-state index is 0.0305. The van der Waals surface area contributed by atoms with Gasteiger partial charge in [0, 0.05) is 58.3 Å². The molecule has 10 nitrogen and oxygen atoms in total. The Balaban J connectivity index is 1.87. The highest BCUT2D eigenvalue weighted by Crippen LogP contribution is 2.65. The second-order valence-electron chi connectivity index (χ2n) is 16.4. The van der Waals surface area contributed by atoms with E-state index < -0.39 is 39.5 Å². The van der Waals surface area contributed by atoms with E-state index in [2.05, 4.69) is 20.4 Å². The molecule has 0 spiro atoms. The largest absolute Gasteiger partial charge is 0.381 e. The van der Waals surface area contributed by atoms with Crippen LogP contribution in [0.2, 0.25) is 0 Å². The summed E-state index contributed by atoms with van der Waals surface area (Å²) >= 11 is 0. The molecule has 3 aliphatic rings. The van der Waals surface area contributed by atoms with Gasteiger partial charge in [0.1, 0.15) is 5.78 Å². The monoisotopic (exact) mass is 706 g/mol. The van der Waals surface area contributed by atoms with E-state index in [1.165, 1.54) is 11.4 Å². The number of piperidine rings is 1. The number of carbonyl (C=O) groups excluding carboxylic acids is 5. The van der Waals surface area contributed by atoms with Crippen molar-refractivity contribution in [2.45, 2.75) is 118 Å². The Morgan fingerprint density at radius 1 is 1.10 bits per heavy atom. The fourth-order valence-corrected chi connectivity index (χ4v) is 8.73. The number of hydrogen-bond acceptors (Lipinski definition) is 8. The zero-order chi connectivity index (χ0) is 36.7. The number of amides is 1. The molecular formula is C38H62N2O8S. The third-order valence-corrected chi connectivity index (χ3v) is 13.3. The first-order valence-electron chi connectivity index (χ1n) is 18.4. The molecule has 2 saturated heterocycles. The van der Waals surface area contributed by atoms with Crippen molar-refractivity contribution in [1.82, 2.24) is 9.21 Å². The predicted molar refractivity (Wildman–Crippen MR) is 190 cm³/mol. The number of rotatable bonds is 13. The van der Waals surface area contributed by atoms with E-state index in [9.17, 15) is 32.4 Å². The maximum atomic E-state index is 14.4. The minimum atomic E-state index is -3.44. The number of sulfonamides is 1. The van der Waals surface area contributed by atoms with E-state index >= 15 is 0 Å². The molecule has 6 atom stereocenters. The Morgan fingerprint density at radius 2 is 1.76 bits per heavy atom. The number of nitrogens with zero attached hydrogens (tertiary/aromatic N) is 2. The molecule has 49 heavy (non-hydrogen) atoms. The van der Waals surface area contributed by atoms with Crippen LogP contribution < -0.4 is 0 Å². The Bertz CT molecular complexity index is 1330. The molecular weight excluding hydrogens is 644 g/mol. The number of fused-ring (bicyclic) bond motifs is 3. The van der Waals surface area contributed by atoms with Crippen molar-refractivity contribution in [1.29, 1.82) is 0 Å². The van der Waals surface area contributed by atoms with Gasteiger partial charge in [0.05, 0.1) is 24.3 Å². The highest BCUT2D eigenvalue weighted by Gasteiger charge is 2.69. The summed E-state index contributed by atoms with van der Waals surface area (Å²) in [4.78, 5) is 70.0. The summed E-state index contributed by atoms with van der Waals surface area (Å²) in [5.41, 5.74) is -0.502. The summed E-state index contributed by atoms with van der Waals surface area (Å²) in [7, 11) is -1.90. The standard InChI is InChI=1S/C38H62N2O8S/c1-9-11-18-31(42)35(44)26-17-15-13-12-14-16-19-48-25-27(36(45)40-24-30-33(38(30,6)7)34(40)32(43)21-26)20-29(41)22-28(37(3,4)5)23-39(8)49(46,47)10-2/h9,26-28,30,33-34H,1,10-25H2,2-8H3/t26-,27+,28-,30+,33+,34-/m1/s1. The molecule has 1 saturated carbocycles. The lowest BCUT2D eigenvalue weighted by Gasteiger charge is -2.35. The third kappa shape index (κ3) is 10.6. The fraction of sp³-hybridized carbons (Fsp3) is 0.816. The molecule has 2 aliphatic heterocycles. The highest BCUT2D eigenvalue weighted by molar-refractivity contribution is 7.89. The van der Waals surface area contributed by atoms with Gasteiger partial charge in [0.2, 0.25) is 21.7 Å². The van der Waals surface area contributed by atoms with E-state index in [1.54, 1.807) is 17.9 Å². The lowest BCUT2D eigenvalue weighted by atomic mass is 9.77. The first kappa shape index (κ1) is 41.2. The highest BCUT2D eigenvalue weighted by atomic mass is 32.2. The van der Waals surface area contributed by atoms with Crippen molar-refractivity contribution in [2.75, 3.05) is 39.1 Å². The average Bonchev–Trinajstić information content (AvgIpc) is 3.33. The summed E-state index contributed by atoms with van der Waals surface area (Å²) in [6.45, 7) is 16.5. The van der Waals surface area contributed by atoms with Gasteiger partial charge in [-0.05, 0) is 54.8 Å². The predicted octanol–water partition coefficient (Wildman–Crippen LogP) is 5.43. The van der Waals surface area contributed by atoms with Crippen molar-refractivity contribution in [3.63, 3.8) is 0 Å². The van der Waals surface area contributed by atoms with E-state index in [1.807, 2.05) is 20.8 Å². The molecule has 0 unspecified atom stereocenters. The van der Waals surface area contributed by atoms with Crippen LogP contribution in [0.1, 0.15) is 112 Å². The first-order chi connectivity index (χ1) is 22.9. The first-order valence-corrected chi connectivity index (χ1v) is 20.0. The molecule has 1 aliphatic carbocycles. The smallest absolute Gasteiger partial charge is 0.229 e. The summed E-state index contributed by atoms with van der Waals surface area (Å²) in [6.07, 6.45) is 6.77. The van der Waals surface area contributed by atoms with Crippen molar-refractivity contribution >= 4 is 39.1 Å². The number of hydrogen-bond donors (Lipinski definition) is 0. The number of ether oxygens (including phenoxy) is 1. The molecule has 0 aromatic carbocycles. The van der Waals surface area contributed by atoms with Crippen molar-refractivity contribution in [3.8, 4) is 0 Å². The second kappa shape index (κ2) is 17.3. The molecule has 0 aromatic rings. The minimum Gasteiger partial charge on any atom is -0.381 e. The van der Waals surface area contributed by atoms with Crippen LogP contribution in [0, 0.1) is 40.4 Å². The molecule has 0 bridgehead atoms. The molecule has 0 aromatic heterocycles. The van der Waals surface area contributed by atoms with Crippen molar-refractivity contribution in [3.05, 3.63) is 12.7 Å². The normalized spacial score (nSPS) is 27.7. The topological polar surface area (TPSA) is 135 Å². The molecule has 1 amide bonds. The van der Waals surface area contributed by atoms with E-state index in [0.29, 0.717) is 26.0 Å². The Hall–Kier alpha value is -2.24. The molecule has 0 N–H and O–H groups in total. The summed E-state index contributed by atoms with van der Waals surface area (Å²) in [5, 5.41) is 0. The molecule has 0 radical (unpaired) electrons. The summed E-state index contributed by atoms with van der Waals surface area (Å²) in [6, 6.07) is -0.716. The van der Waals surface area contributed by atoms with Gasteiger partial charge in [-0.1, -0.05) is 66.4 Å². The van der Waals surface area contributed by atoms with Crippen molar-refractivity contribution < 1.29 is 37.1 Å². The lowest BCUT2D eigenvalue weighted by molar-refractivity contribution is -0.147. The fourth-order valence-electron chi connectivity index (χ4n) is 7.88. The van der Waals surface area contributed by atoms with Gasteiger partial charge in [-0.25, -0.2) is 12.7 Å². The van der Waals surface area contributed by atoms with Crippen molar-refractivity contribution in [2.24, 2.45) is 40.4 Å². The van der Waals surface area contributed by atoms with Gasteiger partial charge in [0.25, 0.3) is 0 Å². The maximum Gasteiger partial charge on any atom is 0.229 e. The van der Waals surface area contributed by atoms with E-state index in [0.717, 1.165) is 32.1 Å². The number of allylic oxidation sites excluding steroid dienone is 1. The van der Waals surface area contributed by atoms with Gasteiger partial charge in [-0.2, -0.15) is 0 Å². The van der Waals surface area contributed by atoms with E-state index in [-0.39, 0.29) is 90.6 Å². The van der Waals surface area contributed by atoms with Crippen LogP contribution in [0.25, 0.3) is 0 Å². The lowest BCUT2D eigenvalue weighted by Crippen LogP contribution is -2.49. The molecule has 11 heteroatoms. The van der Waals surface area contributed by atoms with Gasteiger partial charge in [-0.3, -0.25) is 24.0 Å².